The fraction of sp³-hybridized carbons (Fsp3) is 0.333. The second-order valence-electron chi connectivity index (χ2n) is 1.29. The smallest absolute Gasteiger partial charge is 0.307 e. The molecule has 43 valence electrons. The van der Waals surface area contributed by atoms with Crippen LogP contribution in [0.5, 0.6) is 0 Å². The van der Waals surface area contributed by atoms with Gasteiger partial charge < -0.3 is 5.11 Å². The molecule has 0 aliphatic rings. The predicted octanol–water partition coefficient (Wildman–Crippen LogP) is 0.689. The van der Waals surface area contributed by atoms with E-state index in [1.807, 2.05) is 0 Å². The summed E-state index contributed by atoms with van der Waals surface area (Å²) in [5, 5.41) is 8.02. The molecule has 0 heterocycles. The molecule has 1 N–H and O–H groups in total. The molecule has 8 heavy (non-hydrogen) atoms. The van der Waals surface area contributed by atoms with Crippen LogP contribution in [0.1, 0.15) is 12.8 Å². The molecular formula is C6H7O2. The Morgan fingerprint density at radius 1 is 1.88 bits per heavy atom. The number of carboxylic acids is 1. The molecule has 0 saturated carbocycles. The first-order valence-electron chi connectivity index (χ1n) is 2.27. The van der Waals surface area contributed by atoms with Gasteiger partial charge in [-0.3, -0.25) is 4.79 Å². The highest BCUT2D eigenvalue weighted by Gasteiger charge is 1.92. The first-order chi connectivity index (χ1) is 3.77. The Labute approximate surface area is 48.5 Å². The molecule has 0 unspecified atom stereocenters. The molecule has 1 radical (unpaired) electrons. The lowest BCUT2D eigenvalue weighted by molar-refractivity contribution is -0.133. The van der Waals surface area contributed by atoms with Gasteiger partial charge in [0.2, 0.25) is 0 Å². The second-order valence-corrected chi connectivity index (χ2v) is 1.29. The lowest BCUT2D eigenvalue weighted by atomic mass is 10.2. The van der Waals surface area contributed by atoms with E-state index in [0.717, 1.165) is 6.42 Å². The molecule has 0 amide bonds. The van der Waals surface area contributed by atoms with Crippen LogP contribution in [-0.2, 0) is 4.79 Å². The highest BCUT2D eigenvalue weighted by Crippen LogP contribution is 1.89. The van der Waals surface area contributed by atoms with Gasteiger partial charge in [-0.05, 0) is 6.42 Å². The van der Waals surface area contributed by atoms with Crippen molar-refractivity contribution in [3.8, 4) is 12.3 Å². The Bertz CT molecular complexity index is 110. The van der Waals surface area contributed by atoms with Crippen LogP contribution in [-0.4, -0.2) is 11.1 Å². The van der Waals surface area contributed by atoms with Crippen LogP contribution in [0.3, 0.4) is 0 Å². The SMILES string of the molecule is C#CCC[CH]C(=O)O. The van der Waals surface area contributed by atoms with Gasteiger partial charge in [0.05, 0.1) is 6.42 Å². The monoisotopic (exact) mass is 111 g/mol. The molecule has 0 aliphatic carbocycles. The largest absolute Gasteiger partial charge is 0.481 e. The van der Waals surface area contributed by atoms with Crippen molar-refractivity contribution in [1.29, 1.82) is 0 Å². The third-order valence-electron chi connectivity index (χ3n) is 0.608. The summed E-state index contributed by atoms with van der Waals surface area (Å²) in [6.45, 7) is 0. The zero-order valence-electron chi connectivity index (χ0n) is 4.42. The van der Waals surface area contributed by atoms with Crippen molar-refractivity contribution in [3.63, 3.8) is 0 Å². The summed E-state index contributed by atoms with van der Waals surface area (Å²) in [5.74, 6) is 1.43. The molecule has 0 aromatic heterocycles. The Morgan fingerprint density at radius 2 is 2.50 bits per heavy atom. The Hall–Kier alpha value is -0.970. The molecule has 0 aliphatic heterocycles. The maximum atomic E-state index is 9.75. The van der Waals surface area contributed by atoms with Gasteiger partial charge >= 0.3 is 5.97 Å². The van der Waals surface area contributed by atoms with Crippen molar-refractivity contribution >= 4 is 5.97 Å². The van der Waals surface area contributed by atoms with Crippen molar-refractivity contribution in [2.75, 3.05) is 0 Å². The summed E-state index contributed by atoms with van der Waals surface area (Å²) in [4.78, 5) is 9.75. The van der Waals surface area contributed by atoms with Gasteiger partial charge in [-0.2, -0.15) is 0 Å². The zero-order valence-corrected chi connectivity index (χ0v) is 4.42. The summed E-state index contributed by atoms with van der Waals surface area (Å²) < 4.78 is 0. The van der Waals surface area contributed by atoms with E-state index in [1.165, 1.54) is 0 Å². The van der Waals surface area contributed by atoms with E-state index in [1.54, 1.807) is 0 Å². The fourth-order valence-corrected chi connectivity index (χ4v) is 0.279. The van der Waals surface area contributed by atoms with Crippen LogP contribution in [0.4, 0.5) is 0 Å². The molecule has 0 saturated heterocycles. The van der Waals surface area contributed by atoms with Gasteiger partial charge in [-0.15, -0.1) is 12.3 Å². The Morgan fingerprint density at radius 3 is 2.88 bits per heavy atom. The van der Waals surface area contributed by atoms with E-state index >= 15 is 0 Å². The maximum absolute atomic E-state index is 9.75. The summed E-state index contributed by atoms with van der Waals surface area (Å²) in [7, 11) is 0. The Balaban J connectivity index is 2.97. The van der Waals surface area contributed by atoms with Crippen LogP contribution >= 0.6 is 0 Å². The number of terminal acetylenes is 1. The first-order valence-corrected chi connectivity index (χ1v) is 2.27. The zero-order chi connectivity index (χ0) is 6.41. The molecular weight excluding hydrogens is 104 g/mol. The van der Waals surface area contributed by atoms with Crippen molar-refractivity contribution in [3.05, 3.63) is 6.42 Å². The predicted molar refractivity (Wildman–Crippen MR) is 30.0 cm³/mol. The van der Waals surface area contributed by atoms with E-state index < -0.39 is 5.97 Å². The first kappa shape index (κ1) is 7.03. The number of hydrogen-bond acceptors (Lipinski definition) is 1. The van der Waals surface area contributed by atoms with Gasteiger partial charge in [-0.25, -0.2) is 0 Å². The number of rotatable bonds is 3. The molecule has 2 heteroatoms. The average molecular weight is 111 g/mol. The average Bonchev–Trinajstić information content (AvgIpc) is 1.66. The van der Waals surface area contributed by atoms with E-state index in [-0.39, 0.29) is 0 Å². The third kappa shape index (κ3) is 5.03. The molecule has 2 nitrogen and oxygen atoms in total. The van der Waals surface area contributed by atoms with Crippen molar-refractivity contribution < 1.29 is 9.90 Å². The van der Waals surface area contributed by atoms with Crippen molar-refractivity contribution in [1.82, 2.24) is 0 Å². The molecule has 0 aromatic carbocycles. The molecule has 0 fully saturated rings. The van der Waals surface area contributed by atoms with Crippen molar-refractivity contribution in [2.24, 2.45) is 0 Å². The van der Waals surface area contributed by atoms with Crippen molar-refractivity contribution in [2.45, 2.75) is 12.8 Å². The minimum Gasteiger partial charge on any atom is -0.481 e. The summed E-state index contributed by atoms with van der Waals surface area (Å²) in [6.07, 6.45) is 6.97. The van der Waals surface area contributed by atoms with Gasteiger partial charge in [0.25, 0.3) is 0 Å². The molecule has 0 atom stereocenters. The van der Waals surface area contributed by atoms with E-state index in [0.29, 0.717) is 12.8 Å². The van der Waals surface area contributed by atoms with Crippen LogP contribution in [0, 0.1) is 18.8 Å². The lowest BCUT2D eigenvalue weighted by Gasteiger charge is -1.84. The van der Waals surface area contributed by atoms with Crippen LogP contribution < -0.4 is 0 Å². The highest BCUT2D eigenvalue weighted by molar-refractivity contribution is 5.76. The van der Waals surface area contributed by atoms with E-state index in [4.69, 9.17) is 11.5 Å². The van der Waals surface area contributed by atoms with Gasteiger partial charge in [0.15, 0.2) is 0 Å². The highest BCUT2D eigenvalue weighted by atomic mass is 16.4. The van der Waals surface area contributed by atoms with Gasteiger partial charge in [0, 0.05) is 6.42 Å². The van der Waals surface area contributed by atoms with Gasteiger partial charge in [-0.1, -0.05) is 0 Å². The van der Waals surface area contributed by atoms with E-state index in [9.17, 15) is 4.79 Å². The Kier molecular flexibility index (Phi) is 3.69. The maximum Gasteiger partial charge on any atom is 0.307 e. The normalized spacial score (nSPS) is 7.88. The van der Waals surface area contributed by atoms with Gasteiger partial charge in [0.1, 0.15) is 0 Å². The number of carbonyl (C=O) groups is 1. The second kappa shape index (κ2) is 4.20. The standard InChI is InChI=1S/C6H7O2/c1-2-3-4-5-6(7)8/h1,5H,3-4H2,(H,7,8). The summed E-state index contributed by atoms with van der Waals surface area (Å²) in [6, 6.07) is 0. The third-order valence-corrected chi connectivity index (χ3v) is 0.608. The molecule has 0 rings (SSSR count). The summed E-state index contributed by atoms with van der Waals surface area (Å²) in [5.41, 5.74) is 0. The molecule has 0 spiro atoms. The quantitative estimate of drug-likeness (QED) is 0.429. The molecule has 0 aromatic rings. The minimum absolute atomic E-state index is 0.464. The number of aliphatic carboxylic acids is 1. The number of hydrogen-bond donors (Lipinski definition) is 1. The van der Waals surface area contributed by atoms with Crippen LogP contribution in [0.2, 0.25) is 0 Å². The van der Waals surface area contributed by atoms with Crippen LogP contribution in [0.25, 0.3) is 0 Å². The minimum atomic E-state index is -0.903. The number of carboxylic acid groups (broad SMARTS) is 1. The van der Waals surface area contributed by atoms with E-state index in [2.05, 4.69) is 5.92 Å². The number of unbranched alkanes of at least 4 members (excludes halogenated alkanes) is 1. The lowest BCUT2D eigenvalue weighted by Crippen LogP contribution is -1.93. The molecule has 0 bridgehead atoms. The topological polar surface area (TPSA) is 37.3 Å². The summed E-state index contributed by atoms with van der Waals surface area (Å²) >= 11 is 0. The van der Waals surface area contributed by atoms with Crippen LogP contribution in [0.15, 0.2) is 0 Å². The fourth-order valence-electron chi connectivity index (χ4n) is 0.279.